The number of ether oxygens (including phenoxy) is 1. The number of halogens is 1. The lowest BCUT2D eigenvalue weighted by atomic mass is 10.2. The highest BCUT2D eigenvalue weighted by atomic mass is 32.1. The molecule has 8 heteroatoms. The number of rotatable bonds is 7. The summed E-state index contributed by atoms with van der Waals surface area (Å²) >= 11 is 1.10. The van der Waals surface area contributed by atoms with Gasteiger partial charge in [-0.2, -0.15) is 0 Å². The van der Waals surface area contributed by atoms with Crippen LogP contribution in [-0.2, 0) is 4.79 Å². The van der Waals surface area contributed by atoms with E-state index in [0.717, 1.165) is 11.3 Å². The molecule has 0 aliphatic heterocycles. The number of nitrogens with zero attached hydrogens (tertiary/aromatic N) is 2. The van der Waals surface area contributed by atoms with Gasteiger partial charge in [-0.25, -0.2) is 9.37 Å². The molecular formula is C21H20FN3O3S. The molecule has 3 aromatic rings. The number of hydrogen-bond acceptors (Lipinski definition) is 5. The molecule has 1 N–H and O–H groups in total. The van der Waals surface area contributed by atoms with E-state index in [9.17, 15) is 14.0 Å². The molecule has 1 aromatic heterocycles. The largest absolute Gasteiger partial charge is 0.495 e. The lowest BCUT2D eigenvalue weighted by Crippen LogP contribution is -2.37. The average molecular weight is 413 g/mol. The van der Waals surface area contributed by atoms with Gasteiger partial charge in [0, 0.05) is 12.1 Å². The Kier molecular flexibility index (Phi) is 6.56. The van der Waals surface area contributed by atoms with Crippen LogP contribution in [0.1, 0.15) is 16.6 Å². The van der Waals surface area contributed by atoms with Gasteiger partial charge in [-0.1, -0.05) is 24.3 Å². The van der Waals surface area contributed by atoms with Crippen molar-refractivity contribution in [2.75, 3.05) is 25.5 Å². The van der Waals surface area contributed by atoms with Crippen LogP contribution < -0.4 is 10.1 Å². The lowest BCUT2D eigenvalue weighted by molar-refractivity contribution is -0.116. The molecule has 2 aromatic carbocycles. The Morgan fingerprint density at radius 1 is 1.17 bits per heavy atom. The first-order valence-corrected chi connectivity index (χ1v) is 9.78. The van der Waals surface area contributed by atoms with Crippen LogP contribution in [0.3, 0.4) is 0 Å². The van der Waals surface area contributed by atoms with Gasteiger partial charge in [-0.05, 0) is 31.2 Å². The number of thiazole rings is 1. The first-order chi connectivity index (χ1) is 14.0. The van der Waals surface area contributed by atoms with E-state index in [1.165, 1.54) is 24.3 Å². The smallest absolute Gasteiger partial charge is 0.266 e. The fraction of sp³-hybridized carbons (Fsp3) is 0.190. The maximum Gasteiger partial charge on any atom is 0.266 e. The molecule has 0 unspecified atom stereocenters. The van der Waals surface area contributed by atoms with Crippen LogP contribution in [0.5, 0.6) is 5.75 Å². The molecular weight excluding hydrogens is 393 g/mol. The van der Waals surface area contributed by atoms with Crippen molar-refractivity contribution < 1.29 is 18.7 Å². The summed E-state index contributed by atoms with van der Waals surface area (Å²) in [7, 11) is 1.52. The minimum atomic E-state index is -0.399. The molecule has 3 rings (SSSR count). The van der Waals surface area contributed by atoms with Crippen LogP contribution >= 0.6 is 11.3 Å². The second-order valence-corrected chi connectivity index (χ2v) is 7.11. The molecule has 0 bridgehead atoms. The molecule has 150 valence electrons. The minimum absolute atomic E-state index is 0.125. The van der Waals surface area contributed by atoms with Crippen LogP contribution in [0, 0.1) is 5.82 Å². The monoisotopic (exact) mass is 413 g/mol. The molecule has 0 fully saturated rings. The Bertz CT molecular complexity index is 1020. The second kappa shape index (κ2) is 9.29. The second-order valence-electron chi connectivity index (χ2n) is 6.08. The maximum atomic E-state index is 14.0. The summed E-state index contributed by atoms with van der Waals surface area (Å²) in [5, 5.41) is 3.17. The molecule has 6 nitrogen and oxygen atoms in total. The van der Waals surface area contributed by atoms with Crippen molar-refractivity contribution in [3.63, 3.8) is 0 Å². The highest BCUT2D eigenvalue weighted by Gasteiger charge is 2.21. The lowest BCUT2D eigenvalue weighted by Gasteiger charge is -2.19. The van der Waals surface area contributed by atoms with Crippen molar-refractivity contribution >= 4 is 28.8 Å². The Balaban J connectivity index is 1.71. The third-order valence-corrected chi connectivity index (χ3v) is 5.22. The minimum Gasteiger partial charge on any atom is -0.495 e. The van der Waals surface area contributed by atoms with Crippen LogP contribution in [0.25, 0.3) is 10.6 Å². The molecule has 0 aliphatic rings. The van der Waals surface area contributed by atoms with Crippen molar-refractivity contribution in [2.24, 2.45) is 0 Å². The van der Waals surface area contributed by atoms with Crippen LogP contribution in [0.4, 0.5) is 10.1 Å². The van der Waals surface area contributed by atoms with Crippen LogP contribution in [0.2, 0.25) is 0 Å². The third kappa shape index (κ3) is 4.78. The number of benzene rings is 2. The molecule has 0 aliphatic carbocycles. The standard InChI is InChI=1S/C21H20FN3O3S/c1-3-25(13-19(26)24-16-10-6-7-11-17(16)28-2)21(27)18-12-23-20(29-18)14-8-4-5-9-15(14)22/h4-12H,3,13H2,1-2H3,(H,24,26). The van der Waals surface area contributed by atoms with Crippen molar-refractivity contribution in [1.29, 1.82) is 0 Å². The molecule has 0 radical (unpaired) electrons. The Morgan fingerprint density at radius 2 is 1.90 bits per heavy atom. The molecule has 1 heterocycles. The van der Waals surface area contributed by atoms with E-state index >= 15 is 0 Å². The SMILES string of the molecule is CCN(CC(=O)Nc1ccccc1OC)C(=O)c1cnc(-c2ccccc2F)s1. The van der Waals surface area contributed by atoms with Crippen molar-refractivity contribution in [3.05, 3.63) is 65.4 Å². The summed E-state index contributed by atoms with van der Waals surface area (Å²) < 4.78 is 19.2. The maximum absolute atomic E-state index is 14.0. The number of carbonyl (C=O) groups excluding carboxylic acids is 2. The number of amides is 2. The first kappa shape index (κ1) is 20.5. The van der Waals surface area contributed by atoms with Gasteiger partial charge in [-0.3, -0.25) is 9.59 Å². The Morgan fingerprint density at radius 3 is 2.62 bits per heavy atom. The van der Waals surface area contributed by atoms with Gasteiger partial charge in [-0.15, -0.1) is 11.3 Å². The zero-order valence-corrected chi connectivity index (χ0v) is 16.8. The predicted octanol–water partition coefficient (Wildman–Crippen LogP) is 4.06. The highest BCUT2D eigenvalue weighted by Crippen LogP contribution is 2.28. The molecule has 0 saturated carbocycles. The summed E-state index contributed by atoms with van der Waals surface area (Å²) in [6, 6.07) is 13.3. The van der Waals surface area contributed by atoms with E-state index < -0.39 is 5.82 Å². The van der Waals surface area contributed by atoms with E-state index in [0.29, 0.717) is 33.4 Å². The van der Waals surface area contributed by atoms with Gasteiger partial charge in [0.1, 0.15) is 28.0 Å². The average Bonchev–Trinajstić information content (AvgIpc) is 3.22. The molecule has 29 heavy (non-hydrogen) atoms. The van der Waals surface area contributed by atoms with E-state index in [1.807, 2.05) is 0 Å². The topological polar surface area (TPSA) is 71.5 Å². The summed E-state index contributed by atoms with van der Waals surface area (Å²) in [4.78, 5) is 31.2. The fourth-order valence-electron chi connectivity index (χ4n) is 2.73. The van der Waals surface area contributed by atoms with E-state index in [1.54, 1.807) is 49.4 Å². The van der Waals surface area contributed by atoms with Gasteiger partial charge < -0.3 is 15.0 Å². The summed E-state index contributed by atoms with van der Waals surface area (Å²) in [6.45, 7) is 2.00. The van der Waals surface area contributed by atoms with Crippen molar-refractivity contribution in [3.8, 4) is 16.3 Å². The Hall–Kier alpha value is -3.26. The zero-order chi connectivity index (χ0) is 20.8. The van der Waals surface area contributed by atoms with Crippen molar-refractivity contribution in [2.45, 2.75) is 6.92 Å². The first-order valence-electron chi connectivity index (χ1n) is 8.96. The quantitative estimate of drug-likeness (QED) is 0.634. The van der Waals surface area contributed by atoms with Gasteiger partial charge in [0.2, 0.25) is 5.91 Å². The summed E-state index contributed by atoms with van der Waals surface area (Å²) in [5.41, 5.74) is 0.872. The number of carbonyl (C=O) groups is 2. The summed E-state index contributed by atoms with van der Waals surface area (Å²) in [5.74, 6) is -0.539. The van der Waals surface area contributed by atoms with Crippen LogP contribution in [0.15, 0.2) is 54.7 Å². The summed E-state index contributed by atoms with van der Waals surface area (Å²) in [6.07, 6.45) is 1.41. The van der Waals surface area contributed by atoms with E-state index in [2.05, 4.69) is 10.3 Å². The van der Waals surface area contributed by atoms with Gasteiger partial charge >= 0.3 is 0 Å². The molecule has 0 atom stereocenters. The number of methoxy groups -OCH3 is 1. The van der Waals surface area contributed by atoms with E-state index in [-0.39, 0.29) is 18.4 Å². The zero-order valence-electron chi connectivity index (χ0n) is 16.0. The number of anilines is 1. The molecule has 0 spiro atoms. The predicted molar refractivity (Wildman–Crippen MR) is 111 cm³/mol. The Labute approximate surface area is 172 Å². The number of aromatic nitrogens is 1. The third-order valence-electron chi connectivity index (χ3n) is 4.21. The van der Waals surface area contributed by atoms with Crippen molar-refractivity contribution in [1.82, 2.24) is 9.88 Å². The molecule has 0 saturated heterocycles. The van der Waals surface area contributed by atoms with Gasteiger partial charge in [0.15, 0.2) is 0 Å². The van der Waals surface area contributed by atoms with E-state index in [4.69, 9.17) is 4.74 Å². The number of para-hydroxylation sites is 2. The normalized spacial score (nSPS) is 10.4. The van der Waals surface area contributed by atoms with Gasteiger partial charge in [0.25, 0.3) is 5.91 Å². The highest BCUT2D eigenvalue weighted by molar-refractivity contribution is 7.16. The fourth-order valence-corrected chi connectivity index (χ4v) is 3.64. The number of nitrogens with one attached hydrogen (secondary N) is 1. The van der Waals surface area contributed by atoms with Gasteiger partial charge in [0.05, 0.1) is 19.0 Å². The number of likely N-dealkylation sites (N-methyl/N-ethyl adjacent to an activating group) is 1. The molecule has 2 amide bonds. The number of hydrogen-bond donors (Lipinski definition) is 1. The van der Waals surface area contributed by atoms with Crippen LogP contribution in [-0.4, -0.2) is 41.9 Å².